The van der Waals surface area contributed by atoms with Crippen LogP contribution in [-0.2, 0) is 11.2 Å². The molecule has 1 N–H and O–H groups in total. The summed E-state index contributed by atoms with van der Waals surface area (Å²) >= 11 is 0. The lowest BCUT2D eigenvalue weighted by Crippen LogP contribution is -2.32. The van der Waals surface area contributed by atoms with E-state index in [1.807, 2.05) is 7.05 Å². The van der Waals surface area contributed by atoms with Gasteiger partial charge in [0.15, 0.2) is 0 Å². The maximum atomic E-state index is 11.8. The number of carbonyl (C=O) groups is 1. The minimum Gasteiger partial charge on any atom is -0.344 e. The van der Waals surface area contributed by atoms with Crippen molar-refractivity contribution in [2.75, 3.05) is 27.2 Å². The first-order valence-corrected chi connectivity index (χ1v) is 6.16. The molecule has 0 bridgehead atoms. The number of nitro benzene ring substituents is 1. The van der Waals surface area contributed by atoms with Gasteiger partial charge in [-0.3, -0.25) is 14.9 Å². The molecular weight excluding hydrogens is 246 g/mol. The molecule has 1 aromatic rings. The third kappa shape index (κ3) is 5.05. The Hall–Kier alpha value is -1.95. The molecule has 6 heteroatoms. The summed E-state index contributed by atoms with van der Waals surface area (Å²) < 4.78 is 0. The Bertz CT molecular complexity index is 449. The molecule has 0 aliphatic rings. The van der Waals surface area contributed by atoms with E-state index in [-0.39, 0.29) is 11.6 Å². The van der Waals surface area contributed by atoms with Crippen LogP contribution in [0.5, 0.6) is 0 Å². The van der Waals surface area contributed by atoms with Crippen LogP contribution in [0, 0.1) is 10.1 Å². The third-order valence-corrected chi connectivity index (χ3v) is 2.87. The summed E-state index contributed by atoms with van der Waals surface area (Å²) in [4.78, 5) is 23.7. The van der Waals surface area contributed by atoms with Crippen molar-refractivity contribution >= 4 is 11.6 Å². The van der Waals surface area contributed by atoms with E-state index in [9.17, 15) is 14.9 Å². The molecule has 0 spiro atoms. The molecular formula is C13H19N3O3. The Kier molecular flexibility index (Phi) is 5.95. The van der Waals surface area contributed by atoms with Gasteiger partial charge in [-0.15, -0.1) is 0 Å². The summed E-state index contributed by atoms with van der Waals surface area (Å²) in [6.07, 6.45) is 0.881. The Labute approximate surface area is 112 Å². The minimum absolute atomic E-state index is 0.0433. The van der Waals surface area contributed by atoms with Crippen molar-refractivity contribution in [3.63, 3.8) is 0 Å². The van der Waals surface area contributed by atoms with Crippen molar-refractivity contribution < 1.29 is 9.72 Å². The Morgan fingerprint density at radius 3 is 2.84 bits per heavy atom. The number of nitrogens with zero attached hydrogens (tertiary/aromatic N) is 2. The summed E-state index contributed by atoms with van der Waals surface area (Å²) in [6, 6.07) is 6.40. The fourth-order valence-corrected chi connectivity index (χ4v) is 1.67. The highest BCUT2D eigenvalue weighted by Crippen LogP contribution is 2.14. The number of rotatable bonds is 7. The van der Waals surface area contributed by atoms with Gasteiger partial charge in [0, 0.05) is 38.7 Å². The van der Waals surface area contributed by atoms with Crippen LogP contribution in [0.4, 0.5) is 5.69 Å². The molecule has 0 radical (unpaired) electrons. The second kappa shape index (κ2) is 7.48. The average molecular weight is 265 g/mol. The first-order chi connectivity index (χ1) is 9.04. The first-order valence-electron chi connectivity index (χ1n) is 6.16. The van der Waals surface area contributed by atoms with Crippen LogP contribution >= 0.6 is 0 Å². The van der Waals surface area contributed by atoms with Crippen LogP contribution in [-0.4, -0.2) is 42.9 Å². The second-order valence-corrected chi connectivity index (χ2v) is 4.35. The molecule has 1 aromatic carbocycles. The molecule has 19 heavy (non-hydrogen) atoms. The number of benzene rings is 1. The van der Waals surface area contributed by atoms with Crippen LogP contribution in [0.3, 0.4) is 0 Å². The van der Waals surface area contributed by atoms with E-state index in [0.29, 0.717) is 19.4 Å². The summed E-state index contributed by atoms with van der Waals surface area (Å²) in [5.74, 6) is 0.0433. The SMILES string of the molecule is CNCCN(C)C(=O)CCc1cccc([N+](=O)[O-])c1. The summed E-state index contributed by atoms with van der Waals surface area (Å²) in [7, 11) is 3.59. The first kappa shape index (κ1) is 15.1. The van der Waals surface area contributed by atoms with E-state index >= 15 is 0 Å². The van der Waals surface area contributed by atoms with Gasteiger partial charge in [-0.2, -0.15) is 0 Å². The molecule has 1 rings (SSSR count). The molecule has 0 atom stereocenters. The second-order valence-electron chi connectivity index (χ2n) is 4.35. The largest absolute Gasteiger partial charge is 0.344 e. The van der Waals surface area contributed by atoms with E-state index in [2.05, 4.69) is 5.32 Å². The van der Waals surface area contributed by atoms with Crippen molar-refractivity contribution in [3.05, 3.63) is 39.9 Å². The van der Waals surface area contributed by atoms with E-state index in [0.717, 1.165) is 12.1 Å². The van der Waals surface area contributed by atoms with E-state index in [1.165, 1.54) is 12.1 Å². The van der Waals surface area contributed by atoms with E-state index in [1.54, 1.807) is 24.1 Å². The maximum absolute atomic E-state index is 11.8. The van der Waals surface area contributed by atoms with E-state index < -0.39 is 4.92 Å². The molecule has 104 valence electrons. The number of aryl methyl sites for hydroxylation is 1. The van der Waals surface area contributed by atoms with Gasteiger partial charge in [-0.25, -0.2) is 0 Å². The summed E-state index contributed by atoms with van der Waals surface area (Å²) in [6.45, 7) is 1.41. The number of hydrogen-bond acceptors (Lipinski definition) is 4. The highest BCUT2D eigenvalue weighted by atomic mass is 16.6. The van der Waals surface area contributed by atoms with Crippen LogP contribution in [0.1, 0.15) is 12.0 Å². The number of non-ortho nitro benzene ring substituents is 1. The molecule has 0 saturated heterocycles. The number of nitrogens with one attached hydrogen (secondary N) is 1. The van der Waals surface area contributed by atoms with Gasteiger partial charge in [0.25, 0.3) is 5.69 Å². The molecule has 0 heterocycles. The number of carbonyl (C=O) groups excluding carboxylic acids is 1. The fraction of sp³-hybridized carbons (Fsp3) is 0.462. The summed E-state index contributed by atoms with van der Waals surface area (Å²) in [5.41, 5.74) is 0.873. The molecule has 0 aliphatic carbocycles. The minimum atomic E-state index is -0.426. The zero-order valence-corrected chi connectivity index (χ0v) is 11.3. The molecule has 0 unspecified atom stereocenters. The number of likely N-dealkylation sites (N-methyl/N-ethyl adjacent to an activating group) is 2. The lowest BCUT2D eigenvalue weighted by molar-refractivity contribution is -0.384. The molecule has 0 saturated carbocycles. The van der Waals surface area contributed by atoms with Gasteiger partial charge in [-0.05, 0) is 19.0 Å². The quantitative estimate of drug-likeness (QED) is 0.594. The summed E-state index contributed by atoms with van der Waals surface area (Å²) in [5, 5.41) is 13.6. The smallest absolute Gasteiger partial charge is 0.269 e. The molecule has 0 aromatic heterocycles. The maximum Gasteiger partial charge on any atom is 0.269 e. The van der Waals surface area contributed by atoms with Crippen LogP contribution in [0.25, 0.3) is 0 Å². The Morgan fingerprint density at radius 1 is 1.47 bits per heavy atom. The van der Waals surface area contributed by atoms with E-state index in [4.69, 9.17) is 0 Å². The van der Waals surface area contributed by atoms with Crippen LogP contribution < -0.4 is 5.32 Å². The van der Waals surface area contributed by atoms with Gasteiger partial charge in [0.2, 0.25) is 5.91 Å². The van der Waals surface area contributed by atoms with Crippen molar-refractivity contribution in [1.82, 2.24) is 10.2 Å². The topological polar surface area (TPSA) is 75.5 Å². The zero-order valence-electron chi connectivity index (χ0n) is 11.3. The fourth-order valence-electron chi connectivity index (χ4n) is 1.67. The van der Waals surface area contributed by atoms with Gasteiger partial charge in [-0.1, -0.05) is 12.1 Å². The number of hydrogen-bond donors (Lipinski definition) is 1. The average Bonchev–Trinajstić information content (AvgIpc) is 2.42. The molecule has 1 amide bonds. The number of amides is 1. The van der Waals surface area contributed by atoms with Crippen LogP contribution in [0.15, 0.2) is 24.3 Å². The lowest BCUT2D eigenvalue weighted by Gasteiger charge is -2.16. The van der Waals surface area contributed by atoms with Crippen LogP contribution in [0.2, 0.25) is 0 Å². The standard InChI is InChI=1S/C13H19N3O3/c1-14-8-9-15(2)13(17)7-6-11-4-3-5-12(10-11)16(18)19/h3-5,10,14H,6-9H2,1-2H3. The Balaban J connectivity index is 2.50. The molecule has 6 nitrogen and oxygen atoms in total. The van der Waals surface area contributed by atoms with Crippen molar-refractivity contribution in [1.29, 1.82) is 0 Å². The molecule has 0 fully saturated rings. The highest BCUT2D eigenvalue weighted by molar-refractivity contribution is 5.76. The Morgan fingerprint density at radius 2 is 2.21 bits per heavy atom. The predicted molar refractivity (Wildman–Crippen MR) is 73.0 cm³/mol. The lowest BCUT2D eigenvalue weighted by atomic mass is 10.1. The zero-order chi connectivity index (χ0) is 14.3. The van der Waals surface area contributed by atoms with Crippen molar-refractivity contribution in [2.45, 2.75) is 12.8 Å². The predicted octanol–water partition coefficient (Wildman–Crippen LogP) is 1.21. The highest BCUT2D eigenvalue weighted by Gasteiger charge is 2.10. The van der Waals surface area contributed by atoms with Gasteiger partial charge < -0.3 is 10.2 Å². The normalized spacial score (nSPS) is 10.2. The van der Waals surface area contributed by atoms with Gasteiger partial charge in [0.1, 0.15) is 0 Å². The monoisotopic (exact) mass is 265 g/mol. The third-order valence-electron chi connectivity index (χ3n) is 2.87. The van der Waals surface area contributed by atoms with Gasteiger partial charge >= 0.3 is 0 Å². The number of nitro groups is 1. The van der Waals surface area contributed by atoms with Crippen molar-refractivity contribution in [3.8, 4) is 0 Å². The molecule has 0 aliphatic heterocycles. The van der Waals surface area contributed by atoms with Crippen molar-refractivity contribution in [2.24, 2.45) is 0 Å². The van der Waals surface area contributed by atoms with Gasteiger partial charge in [0.05, 0.1) is 4.92 Å².